The van der Waals surface area contributed by atoms with Gasteiger partial charge in [-0.05, 0) is 6.07 Å². The molecule has 0 saturated carbocycles. The Morgan fingerprint density at radius 2 is 2.00 bits per heavy atom. The quantitative estimate of drug-likeness (QED) is 0.375. The number of thiazole rings is 1. The maximum Gasteiger partial charge on any atom is 0.300 e. The van der Waals surface area contributed by atoms with Crippen LogP contribution in [-0.4, -0.2) is 20.6 Å². The Hall–Kier alpha value is -2.92. The average Bonchev–Trinajstić information content (AvgIpc) is 3.01. The summed E-state index contributed by atoms with van der Waals surface area (Å²) in [6, 6.07) is 3.15. The minimum absolute atomic E-state index is 0.0283. The number of aromatic nitrogens is 1. The van der Waals surface area contributed by atoms with E-state index >= 15 is 0 Å². The molecule has 0 aliphatic rings. The molecule has 3 N–H and O–H groups in total. The molecule has 10 nitrogen and oxygen atoms in total. The fourth-order valence-corrected chi connectivity index (χ4v) is 1.84. The molecule has 0 aliphatic carbocycles. The van der Waals surface area contributed by atoms with Gasteiger partial charge in [0.25, 0.3) is 5.69 Å². The number of hydrazine groups is 1. The third kappa shape index (κ3) is 4.57. The smallest absolute Gasteiger partial charge is 0.300 e. The molecule has 11 heteroatoms. The number of hydrogen-bond donors (Lipinski definition) is 2. The molecule has 0 atom stereocenters. The monoisotopic (exact) mass is 325 g/mol. The Morgan fingerprint density at radius 3 is 2.36 bits per heavy atom. The zero-order valence-electron chi connectivity index (χ0n) is 11.3. The molecule has 0 amide bonds. The van der Waals surface area contributed by atoms with Crippen LogP contribution in [0.4, 0.5) is 17.1 Å². The molecule has 22 heavy (non-hydrogen) atoms. The zero-order valence-corrected chi connectivity index (χ0v) is 12.1. The first kappa shape index (κ1) is 17.1. The summed E-state index contributed by atoms with van der Waals surface area (Å²) in [6.07, 6.45) is 1.63. The van der Waals surface area contributed by atoms with Gasteiger partial charge >= 0.3 is 5.69 Å². The lowest BCUT2D eigenvalue weighted by Crippen LogP contribution is -2.09. The molecule has 2 rings (SSSR count). The number of nitro groups is 2. The van der Waals surface area contributed by atoms with Gasteiger partial charge in [0, 0.05) is 24.6 Å². The molecular weight excluding hydrogens is 314 g/mol. The van der Waals surface area contributed by atoms with E-state index in [-0.39, 0.29) is 17.2 Å². The van der Waals surface area contributed by atoms with Crippen LogP contribution >= 0.6 is 11.3 Å². The number of Topliss-reactive ketones (excluding diaryl/α,β-unsaturated/α-hetero) is 1. The Morgan fingerprint density at radius 1 is 1.32 bits per heavy atom. The first-order chi connectivity index (χ1) is 10.4. The number of hydrogen-bond acceptors (Lipinski definition) is 9. The van der Waals surface area contributed by atoms with Gasteiger partial charge in [0.15, 0.2) is 10.8 Å². The van der Waals surface area contributed by atoms with Crippen molar-refractivity contribution in [1.82, 2.24) is 4.98 Å². The van der Waals surface area contributed by atoms with Crippen LogP contribution in [-0.2, 0) is 0 Å². The van der Waals surface area contributed by atoms with E-state index < -0.39 is 15.5 Å². The summed E-state index contributed by atoms with van der Waals surface area (Å²) in [5, 5.41) is 23.1. The predicted molar refractivity (Wildman–Crippen MR) is 79.7 cm³/mol. The van der Waals surface area contributed by atoms with E-state index in [1.807, 2.05) is 0 Å². The second-order valence-corrected chi connectivity index (χ2v) is 4.65. The molecule has 1 aromatic heterocycles. The first-order valence-electron chi connectivity index (χ1n) is 5.66. The van der Waals surface area contributed by atoms with Crippen LogP contribution in [0.1, 0.15) is 16.7 Å². The number of ketones is 1. The lowest BCUT2D eigenvalue weighted by Gasteiger charge is -2.00. The number of benzene rings is 1. The largest absolute Gasteiger partial charge is 0.318 e. The van der Waals surface area contributed by atoms with Crippen molar-refractivity contribution in [1.29, 1.82) is 0 Å². The third-order valence-electron chi connectivity index (χ3n) is 2.28. The highest BCUT2D eigenvalue weighted by Gasteiger charge is 2.18. The van der Waals surface area contributed by atoms with Gasteiger partial charge in [-0.1, -0.05) is 0 Å². The van der Waals surface area contributed by atoms with Gasteiger partial charge in [-0.3, -0.25) is 30.9 Å². The molecule has 2 aromatic rings. The van der Waals surface area contributed by atoms with Gasteiger partial charge in [-0.25, -0.2) is 4.98 Å². The number of non-ortho nitro benzene ring substituents is 1. The highest BCUT2D eigenvalue weighted by atomic mass is 32.1. The summed E-state index contributed by atoms with van der Waals surface area (Å²) in [5.74, 6) is 5.03. The lowest BCUT2D eigenvalue weighted by atomic mass is 10.2. The van der Waals surface area contributed by atoms with E-state index in [9.17, 15) is 25.0 Å². The van der Waals surface area contributed by atoms with E-state index in [4.69, 9.17) is 5.84 Å². The number of carbonyl (C=O) groups is 1. The predicted octanol–water partition coefficient (Wildman–Crippen LogP) is 2.13. The second kappa shape index (κ2) is 7.75. The van der Waals surface area contributed by atoms with E-state index in [1.165, 1.54) is 24.3 Å². The topological polar surface area (TPSA) is 154 Å². The van der Waals surface area contributed by atoms with Crippen molar-refractivity contribution in [3.63, 3.8) is 0 Å². The fraction of sp³-hybridized carbons (Fsp3) is 0.0909. The Bertz CT molecular complexity index is 688. The number of nitrogens with two attached hydrogens (primary N) is 1. The van der Waals surface area contributed by atoms with Crippen molar-refractivity contribution in [2.24, 2.45) is 5.84 Å². The molecule has 1 aromatic carbocycles. The molecule has 0 radical (unpaired) electrons. The van der Waals surface area contributed by atoms with Crippen LogP contribution in [0.5, 0.6) is 0 Å². The summed E-state index contributed by atoms with van der Waals surface area (Å²) in [5.41, 5.74) is 1.33. The summed E-state index contributed by atoms with van der Waals surface area (Å²) in [4.78, 5) is 33.5. The summed E-state index contributed by atoms with van der Waals surface area (Å²) < 4.78 is 0. The lowest BCUT2D eigenvalue weighted by molar-refractivity contribution is -0.393. The molecule has 0 aliphatic heterocycles. The minimum atomic E-state index is -0.748. The van der Waals surface area contributed by atoms with E-state index in [0.29, 0.717) is 5.01 Å². The van der Waals surface area contributed by atoms with Crippen LogP contribution in [0.2, 0.25) is 0 Å². The maximum absolute atomic E-state index is 10.5. The molecular formula is C11H11N5O5S. The summed E-state index contributed by atoms with van der Waals surface area (Å²) in [7, 11) is 0. The number of nitrogens with one attached hydrogen (secondary N) is 1. The number of carbonyl (C=O) groups excluding carboxylic acids is 1. The second-order valence-electron chi connectivity index (χ2n) is 3.75. The normalized spacial score (nSPS) is 9.36. The molecule has 0 spiro atoms. The standard InChI is InChI=1S/C6H6N4O4.C5H5NOS/c7-8-5-2-1-4(9(11)12)3-6(5)10(13)14;1-4(7)5-6-2-3-8-5/h1-3,8H,7H2;2-3H,1H3. The number of nitrogen functional groups attached to an aromatic ring is 1. The van der Waals surface area contributed by atoms with Crippen molar-refractivity contribution in [2.75, 3.05) is 5.43 Å². The SMILES string of the molecule is CC(=O)c1nccs1.NNc1ccc([N+](=O)[O-])cc1[N+](=O)[O-]. The van der Waals surface area contributed by atoms with Gasteiger partial charge in [-0.2, -0.15) is 0 Å². The zero-order chi connectivity index (χ0) is 16.7. The van der Waals surface area contributed by atoms with Crippen molar-refractivity contribution in [2.45, 2.75) is 6.92 Å². The summed E-state index contributed by atoms with van der Waals surface area (Å²) in [6.45, 7) is 1.51. The van der Waals surface area contributed by atoms with E-state index in [1.54, 1.807) is 11.6 Å². The van der Waals surface area contributed by atoms with Gasteiger partial charge in [-0.15, -0.1) is 11.3 Å². The number of nitro benzene ring substituents is 2. The number of anilines is 1. The Balaban J connectivity index is 0.000000255. The van der Waals surface area contributed by atoms with Crippen LogP contribution in [0.3, 0.4) is 0 Å². The van der Waals surface area contributed by atoms with Gasteiger partial charge in [0.2, 0.25) is 0 Å². The van der Waals surface area contributed by atoms with Gasteiger partial charge in [0.1, 0.15) is 5.69 Å². The van der Waals surface area contributed by atoms with Gasteiger partial charge < -0.3 is 5.43 Å². The maximum atomic E-state index is 10.5. The molecule has 0 fully saturated rings. The van der Waals surface area contributed by atoms with Crippen LogP contribution in [0, 0.1) is 20.2 Å². The molecule has 0 unspecified atom stereocenters. The number of nitrogens with zero attached hydrogens (tertiary/aromatic N) is 3. The first-order valence-corrected chi connectivity index (χ1v) is 6.54. The molecule has 0 bridgehead atoms. The molecule has 0 saturated heterocycles. The van der Waals surface area contributed by atoms with Crippen molar-refractivity contribution >= 4 is 34.2 Å². The van der Waals surface area contributed by atoms with Crippen molar-refractivity contribution in [3.05, 3.63) is 55.0 Å². The fourth-order valence-electron chi connectivity index (χ4n) is 1.30. The minimum Gasteiger partial charge on any atom is -0.318 e. The Labute approximate surface area is 127 Å². The highest BCUT2D eigenvalue weighted by Crippen LogP contribution is 2.27. The average molecular weight is 325 g/mol. The third-order valence-corrected chi connectivity index (χ3v) is 3.15. The Kier molecular flexibility index (Phi) is 6.04. The van der Waals surface area contributed by atoms with Crippen LogP contribution in [0.25, 0.3) is 0 Å². The van der Waals surface area contributed by atoms with Crippen molar-refractivity contribution < 1.29 is 14.6 Å². The van der Waals surface area contributed by atoms with E-state index in [2.05, 4.69) is 10.4 Å². The number of rotatable bonds is 4. The van der Waals surface area contributed by atoms with E-state index in [0.717, 1.165) is 12.1 Å². The summed E-state index contributed by atoms with van der Waals surface area (Å²) >= 11 is 1.37. The highest BCUT2D eigenvalue weighted by molar-refractivity contribution is 7.11. The molecule has 1 heterocycles. The van der Waals surface area contributed by atoms with Crippen molar-refractivity contribution in [3.8, 4) is 0 Å². The van der Waals surface area contributed by atoms with Crippen LogP contribution in [0.15, 0.2) is 29.8 Å². The van der Waals surface area contributed by atoms with Gasteiger partial charge in [0.05, 0.1) is 15.9 Å². The van der Waals surface area contributed by atoms with Crippen LogP contribution < -0.4 is 11.3 Å². The molecule has 116 valence electrons.